The molecule has 0 atom stereocenters. The molecular weight excluding hydrogens is 595 g/mol. The quantitative estimate of drug-likeness (QED) is 0.194. The summed E-state index contributed by atoms with van der Waals surface area (Å²) in [5.74, 6) is 0.728. The minimum atomic E-state index is -0.127. The lowest BCUT2D eigenvalue weighted by Crippen LogP contribution is -2.30. The van der Waals surface area contributed by atoms with Gasteiger partial charge in [-0.1, -0.05) is 143 Å². The highest BCUT2D eigenvalue weighted by atomic mass is 15.2. The van der Waals surface area contributed by atoms with Gasteiger partial charge in [-0.15, -0.1) is 0 Å². The largest absolute Gasteiger partial charge is 0.310 e. The predicted octanol–water partition coefficient (Wildman–Crippen LogP) is 11.9. The molecular formula is C46H37N3. The molecule has 3 heteroatoms. The molecule has 0 N–H and O–H groups in total. The second kappa shape index (κ2) is 10.9. The third-order valence-electron chi connectivity index (χ3n) is 10.7. The van der Waals surface area contributed by atoms with Crippen LogP contribution >= 0.6 is 0 Å². The number of hydrogen-bond donors (Lipinski definition) is 0. The number of benzene rings is 6. The Morgan fingerprint density at radius 3 is 1.53 bits per heavy atom. The van der Waals surface area contributed by atoms with Crippen LogP contribution in [-0.2, 0) is 10.8 Å². The first-order valence-electron chi connectivity index (χ1n) is 17.1. The summed E-state index contributed by atoms with van der Waals surface area (Å²) in [6.45, 7) is 9.36. The van der Waals surface area contributed by atoms with Crippen LogP contribution in [0, 0.1) is 0 Å². The van der Waals surface area contributed by atoms with Crippen molar-refractivity contribution in [1.82, 2.24) is 9.97 Å². The van der Waals surface area contributed by atoms with Gasteiger partial charge in [0, 0.05) is 33.2 Å². The zero-order chi connectivity index (χ0) is 33.3. The molecule has 0 radical (unpaired) electrons. The number of nitrogens with zero attached hydrogens (tertiary/aromatic N) is 3. The van der Waals surface area contributed by atoms with Crippen molar-refractivity contribution in [2.24, 2.45) is 0 Å². The molecule has 7 aromatic rings. The molecule has 0 saturated heterocycles. The van der Waals surface area contributed by atoms with E-state index in [1.807, 2.05) is 24.3 Å². The van der Waals surface area contributed by atoms with Gasteiger partial charge >= 0.3 is 0 Å². The predicted molar refractivity (Wildman–Crippen MR) is 203 cm³/mol. The Balaban J connectivity index is 1.21. The highest BCUT2D eigenvalue weighted by molar-refractivity contribution is 5.91. The topological polar surface area (TPSA) is 29.0 Å². The molecule has 6 aromatic carbocycles. The number of fused-ring (bicyclic) bond motifs is 5. The zero-order valence-electron chi connectivity index (χ0n) is 28.3. The zero-order valence-corrected chi connectivity index (χ0v) is 28.3. The third kappa shape index (κ3) is 4.57. The molecule has 1 aliphatic carbocycles. The van der Waals surface area contributed by atoms with Gasteiger partial charge in [0.25, 0.3) is 0 Å². The maximum absolute atomic E-state index is 5.15. The Bertz CT molecular complexity index is 2280. The monoisotopic (exact) mass is 631 g/mol. The molecule has 0 amide bonds. The molecule has 0 bridgehead atoms. The number of aromatic nitrogens is 2. The maximum atomic E-state index is 5.15. The van der Waals surface area contributed by atoms with Gasteiger partial charge in [0.15, 0.2) is 5.82 Å². The highest BCUT2D eigenvalue weighted by Gasteiger charge is 2.39. The fourth-order valence-electron chi connectivity index (χ4n) is 8.07. The van der Waals surface area contributed by atoms with Crippen LogP contribution in [0.5, 0.6) is 0 Å². The van der Waals surface area contributed by atoms with E-state index in [1.54, 1.807) is 0 Å². The van der Waals surface area contributed by atoms with Crippen molar-refractivity contribution in [2.45, 2.75) is 38.5 Å². The Labute approximate surface area is 288 Å². The van der Waals surface area contributed by atoms with Crippen LogP contribution in [0.4, 0.5) is 17.1 Å². The van der Waals surface area contributed by atoms with Crippen LogP contribution in [-0.4, -0.2) is 9.97 Å². The first-order valence-corrected chi connectivity index (χ1v) is 17.1. The molecule has 0 saturated carbocycles. The molecule has 2 aliphatic rings. The molecule has 49 heavy (non-hydrogen) atoms. The average Bonchev–Trinajstić information content (AvgIpc) is 3.37. The van der Waals surface area contributed by atoms with Crippen molar-refractivity contribution in [1.29, 1.82) is 0 Å². The summed E-state index contributed by atoms with van der Waals surface area (Å²) in [5, 5.41) is 0. The molecule has 3 nitrogen and oxygen atoms in total. The van der Waals surface area contributed by atoms with Gasteiger partial charge < -0.3 is 4.90 Å². The molecule has 9 rings (SSSR count). The molecule has 2 heterocycles. The summed E-state index contributed by atoms with van der Waals surface area (Å²) in [4.78, 5) is 12.6. The standard InChI is InChI=1S/C46H37N3/c1-45(2)36-25-23-32(41-29-40(30-15-7-5-8-16-30)47-44(48-41)31-17-9-6-10-18-31)27-34(36)35-28-33(24-26-37(35)45)49-42-21-13-11-19-38(42)46(3,4)39-20-12-14-22-43(39)49/h5-29H,1-4H3. The number of anilines is 3. The number of para-hydroxylation sites is 2. The van der Waals surface area contributed by atoms with Crippen LogP contribution in [0.15, 0.2) is 152 Å². The fraction of sp³-hybridized carbons (Fsp3) is 0.130. The summed E-state index contributed by atoms with van der Waals surface area (Å²) in [7, 11) is 0. The van der Waals surface area contributed by atoms with E-state index in [4.69, 9.17) is 9.97 Å². The van der Waals surface area contributed by atoms with E-state index < -0.39 is 0 Å². The maximum Gasteiger partial charge on any atom is 0.160 e. The van der Waals surface area contributed by atoms with E-state index in [9.17, 15) is 0 Å². The van der Waals surface area contributed by atoms with Gasteiger partial charge in [-0.2, -0.15) is 0 Å². The van der Waals surface area contributed by atoms with Gasteiger partial charge in [-0.05, 0) is 69.8 Å². The normalized spacial score (nSPS) is 14.8. The SMILES string of the molecule is CC1(C)c2ccc(-c3cc(-c4ccccc4)nc(-c4ccccc4)n3)cc2-c2cc(N3c4ccccc4C(C)(C)c4ccccc43)ccc21. The van der Waals surface area contributed by atoms with Crippen molar-refractivity contribution >= 4 is 17.1 Å². The minimum absolute atomic E-state index is 0.0986. The van der Waals surface area contributed by atoms with E-state index in [0.717, 1.165) is 33.9 Å². The van der Waals surface area contributed by atoms with Crippen molar-refractivity contribution in [2.75, 3.05) is 4.90 Å². The molecule has 0 fully saturated rings. The van der Waals surface area contributed by atoms with Crippen molar-refractivity contribution in [3.63, 3.8) is 0 Å². The third-order valence-corrected chi connectivity index (χ3v) is 10.7. The average molecular weight is 632 g/mol. The Morgan fingerprint density at radius 2 is 0.898 bits per heavy atom. The van der Waals surface area contributed by atoms with E-state index >= 15 is 0 Å². The summed E-state index contributed by atoms with van der Waals surface area (Å²) in [6.07, 6.45) is 0. The first kappa shape index (κ1) is 29.3. The molecule has 236 valence electrons. The lowest BCUT2D eigenvalue weighted by molar-refractivity contribution is 0.632. The van der Waals surface area contributed by atoms with Crippen molar-refractivity contribution < 1.29 is 0 Å². The lowest BCUT2D eigenvalue weighted by atomic mass is 9.73. The fourth-order valence-corrected chi connectivity index (χ4v) is 8.07. The lowest BCUT2D eigenvalue weighted by Gasteiger charge is -2.42. The van der Waals surface area contributed by atoms with Gasteiger partial charge in [0.2, 0.25) is 0 Å². The highest BCUT2D eigenvalue weighted by Crippen LogP contribution is 2.55. The number of rotatable bonds is 4. The molecule has 0 spiro atoms. The first-order chi connectivity index (χ1) is 23.8. The summed E-state index contributed by atoms with van der Waals surface area (Å²) < 4.78 is 0. The van der Waals surface area contributed by atoms with Crippen LogP contribution in [0.2, 0.25) is 0 Å². The molecule has 1 aliphatic heterocycles. The van der Waals surface area contributed by atoms with Gasteiger partial charge in [0.05, 0.1) is 22.8 Å². The van der Waals surface area contributed by atoms with E-state index in [-0.39, 0.29) is 10.8 Å². The summed E-state index contributed by atoms with van der Waals surface area (Å²) in [6, 6.07) is 54.5. The van der Waals surface area contributed by atoms with Crippen molar-refractivity contribution in [3.05, 3.63) is 174 Å². The van der Waals surface area contributed by atoms with E-state index in [1.165, 1.54) is 50.4 Å². The van der Waals surface area contributed by atoms with E-state index in [0.29, 0.717) is 0 Å². The van der Waals surface area contributed by atoms with Gasteiger partial charge in [-0.3, -0.25) is 0 Å². The Morgan fingerprint density at radius 1 is 0.408 bits per heavy atom. The van der Waals surface area contributed by atoms with Crippen LogP contribution < -0.4 is 4.90 Å². The van der Waals surface area contributed by atoms with Crippen LogP contribution in [0.1, 0.15) is 49.9 Å². The second-order valence-electron chi connectivity index (χ2n) is 14.3. The minimum Gasteiger partial charge on any atom is -0.310 e. The van der Waals surface area contributed by atoms with E-state index in [2.05, 4.69) is 160 Å². The smallest absolute Gasteiger partial charge is 0.160 e. The Hall–Kier alpha value is -5.80. The van der Waals surface area contributed by atoms with Crippen LogP contribution in [0.25, 0.3) is 45.0 Å². The number of hydrogen-bond acceptors (Lipinski definition) is 3. The van der Waals surface area contributed by atoms with Gasteiger partial charge in [0.1, 0.15) is 0 Å². The second-order valence-corrected chi connectivity index (χ2v) is 14.3. The summed E-state index contributed by atoms with van der Waals surface area (Å²) >= 11 is 0. The van der Waals surface area contributed by atoms with Crippen LogP contribution in [0.3, 0.4) is 0 Å². The molecule has 0 unspecified atom stereocenters. The molecule has 1 aromatic heterocycles. The van der Waals surface area contributed by atoms with Crippen molar-refractivity contribution in [3.8, 4) is 45.0 Å². The van der Waals surface area contributed by atoms with Gasteiger partial charge in [-0.25, -0.2) is 9.97 Å². The Kier molecular flexibility index (Phi) is 6.51. The summed E-state index contributed by atoms with van der Waals surface area (Å²) in [5.41, 5.74) is 16.3.